The molecule has 2 aliphatic rings. The largest absolute Gasteiger partial charge is 0.497 e. The molecule has 5 nitrogen and oxygen atoms in total. The molecule has 1 aliphatic heterocycles. The smallest absolute Gasteiger partial charge is 0.254 e. The van der Waals surface area contributed by atoms with Crippen molar-refractivity contribution in [2.75, 3.05) is 33.3 Å². The van der Waals surface area contributed by atoms with Crippen molar-refractivity contribution in [1.29, 1.82) is 0 Å². The lowest BCUT2D eigenvalue weighted by Gasteiger charge is -2.22. The molecule has 1 saturated carbocycles. The summed E-state index contributed by atoms with van der Waals surface area (Å²) in [6.45, 7) is 2.71. The van der Waals surface area contributed by atoms with Crippen LogP contribution in [0.2, 0.25) is 0 Å². The summed E-state index contributed by atoms with van der Waals surface area (Å²) in [4.78, 5) is 28.5. The lowest BCUT2D eigenvalue weighted by atomic mass is 10.2. The van der Waals surface area contributed by atoms with Crippen LogP contribution < -0.4 is 4.74 Å². The molecular formula is C17H22N2O3. The van der Waals surface area contributed by atoms with Gasteiger partial charge in [-0.05, 0) is 37.5 Å². The van der Waals surface area contributed by atoms with Gasteiger partial charge in [0.2, 0.25) is 5.91 Å². The van der Waals surface area contributed by atoms with Gasteiger partial charge in [0.25, 0.3) is 5.91 Å². The summed E-state index contributed by atoms with van der Waals surface area (Å²) in [6, 6.07) is 7.23. The van der Waals surface area contributed by atoms with E-state index in [1.54, 1.807) is 13.2 Å². The van der Waals surface area contributed by atoms with Crippen molar-refractivity contribution in [2.24, 2.45) is 5.92 Å². The van der Waals surface area contributed by atoms with Crippen molar-refractivity contribution < 1.29 is 14.3 Å². The Kier molecular flexibility index (Phi) is 4.32. The van der Waals surface area contributed by atoms with E-state index in [1.165, 1.54) is 0 Å². The van der Waals surface area contributed by atoms with Crippen LogP contribution in [0.5, 0.6) is 5.75 Å². The first-order chi connectivity index (χ1) is 10.7. The summed E-state index contributed by atoms with van der Waals surface area (Å²) >= 11 is 0. The predicted molar refractivity (Wildman–Crippen MR) is 82.8 cm³/mol. The Bertz CT molecular complexity index is 569. The Hall–Kier alpha value is -2.04. The standard InChI is InChI=1S/C17H22N2O3/c1-22-15-5-2-4-14(12-15)17(21)19-9-3-8-18(10-11-19)16(20)13-6-7-13/h2,4-5,12-13H,3,6-11H2,1H3. The van der Waals surface area contributed by atoms with Crippen LogP contribution in [0.25, 0.3) is 0 Å². The van der Waals surface area contributed by atoms with Crippen LogP contribution in [0, 0.1) is 5.92 Å². The molecule has 2 amide bonds. The van der Waals surface area contributed by atoms with E-state index in [1.807, 2.05) is 28.0 Å². The van der Waals surface area contributed by atoms with E-state index < -0.39 is 0 Å². The number of hydrogen-bond acceptors (Lipinski definition) is 3. The minimum Gasteiger partial charge on any atom is -0.497 e. The number of ether oxygens (including phenoxy) is 1. The molecular weight excluding hydrogens is 280 g/mol. The molecule has 3 rings (SSSR count). The van der Waals surface area contributed by atoms with E-state index in [0.717, 1.165) is 25.8 Å². The maximum atomic E-state index is 12.6. The summed E-state index contributed by atoms with van der Waals surface area (Å²) < 4.78 is 5.18. The van der Waals surface area contributed by atoms with Gasteiger partial charge in [0.15, 0.2) is 0 Å². The average molecular weight is 302 g/mol. The fourth-order valence-electron chi connectivity index (χ4n) is 2.87. The number of nitrogens with zero attached hydrogens (tertiary/aromatic N) is 2. The van der Waals surface area contributed by atoms with Gasteiger partial charge in [-0.2, -0.15) is 0 Å². The molecule has 1 saturated heterocycles. The third kappa shape index (κ3) is 3.24. The third-order valence-electron chi connectivity index (χ3n) is 4.34. The average Bonchev–Trinajstić information content (AvgIpc) is 3.39. The van der Waals surface area contributed by atoms with Crippen molar-refractivity contribution in [3.05, 3.63) is 29.8 Å². The molecule has 118 valence electrons. The van der Waals surface area contributed by atoms with Gasteiger partial charge in [-0.1, -0.05) is 6.07 Å². The molecule has 1 aromatic rings. The summed E-state index contributed by atoms with van der Waals surface area (Å²) in [5.74, 6) is 1.22. The molecule has 1 aromatic carbocycles. The summed E-state index contributed by atoms with van der Waals surface area (Å²) in [5.41, 5.74) is 0.640. The maximum absolute atomic E-state index is 12.6. The minimum atomic E-state index is 0.0135. The SMILES string of the molecule is COc1cccc(C(=O)N2CCCN(C(=O)C3CC3)CC2)c1. The highest BCUT2D eigenvalue weighted by atomic mass is 16.5. The Labute approximate surface area is 130 Å². The first kappa shape index (κ1) is 14.9. The van der Waals surface area contributed by atoms with E-state index in [-0.39, 0.29) is 17.7 Å². The van der Waals surface area contributed by atoms with E-state index in [2.05, 4.69) is 0 Å². The number of carbonyl (C=O) groups is 2. The molecule has 0 unspecified atom stereocenters. The minimum absolute atomic E-state index is 0.0135. The fourth-order valence-corrected chi connectivity index (χ4v) is 2.87. The highest BCUT2D eigenvalue weighted by molar-refractivity contribution is 5.94. The quantitative estimate of drug-likeness (QED) is 0.855. The molecule has 1 aliphatic carbocycles. The summed E-state index contributed by atoms with van der Waals surface area (Å²) in [6.07, 6.45) is 2.90. The van der Waals surface area contributed by atoms with E-state index >= 15 is 0 Å². The van der Waals surface area contributed by atoms with Gasteiger partial charge in [0, 0.05) is 37.7 Å². The molecule has 0 atom stereocenters. The molecule has 0 N–H and O–H groups in total. The van der Waals surface area contributed by atoms with Crippen molar-refractivity contribution in [1.82, 2.24) is 9.80 Å². The first-order valence-electron chi connectivity index (χ1n) is 7.91. The third-order valence-corrected chi connectivity index (χ3v) is 4.34. The van der Waals surface area contributed by atoms with Gasteiger partial charge in [0.05, 0.1) is 7.11 Å². The van der Waals surface area contributed by atoms with Crippen molar-refractivity contribution in [3.8, 4) is 5.75 Å². The highest BCUT2D eigenvalue weighted by Gasteiger charge is 2.34. The molecule has 22 heavy (non-hydrogen) atoms. The Balaban J connectivity index is 1.64. The van der Waals surface area contributed by atoms with Crippen molar-refractivity contribution >= 4 is 11.8 Å². The highest BCUT2D eigenvalue weighted by Crippen LogP contribution is 2.31. The number of rotatable bonds is 3. The normalized spacial score (nSPS) is 18.8. The monoisotopic (exact) mass is 302 g/mol. The number of benzene rings is 1. The van der Waals surface area contributed by atoms with Crippen LogP contribution in [0.3, 0.4) is 0 Å². The van der Waals surface area contributed by atoms with Crippen LogP contribution in [0.15, 0.2) is 24.3 Å². The van der Waals surface area contributed by atoms with Crippen LogP contribution in [0.4, 0.5) is 0 Å². The Morgan fingerprint density at radius 2 is 1.82 bits per heavy atom. The molecule has 0 spiro atoms. The second kappa shape index (κ2) is 6.38. The van der Waals surface area contributed by atoms with Gasteiger partial charge in [-0.15, -0.1) is 0 Å². The predicted octanol–water partition coefficient (Wildman–Crippen LogP) is 1.78. The summed E-state index contributed by atoms with van der Waals surface area (Å²) in [5, 5.41) is 0. The van der Waals surface area contributed by atoms with Gasteiger partial charge >= 0.3 is 0 Å². The van der Waals surface area contributed by atoms with E-state index in [9.17, 15) is 9.59 Å². The van der Waals surface area contributed by atoms with Crippen molar-refractivity contribution in [3.63, 3.8) is 0 Å². The lowest BCUT2D eigenvalue weighted by Crippen LogP contribution is -2.37. The molecule has 0 aromatic heterocycles. The lowest BCUT2D eigenvalue weighted by molar-refractivity contribution is -0.132. The zero-order valence-corrected chi connectivity index (χ0v) is 13.0. The number of carbonyl (C=O) groups excluding carboxylic acids is 2. The number of hydrogen-bond donors (Lipinski definition) is 0. The second-order valence-electron chi connectivity index (χ2n) is 5.98. The number of methoxy groups -OCH3 is 1. The van der Waals surface area contributed by atoms with Crippen molar-refractivity contribution in [2.45, 2.75) is 19.3 Å². The van der Waals surface area contributed by atoms with Crippen LogP contribution in [-0.2, 0) is 4.79 Å². The van der Waals surface area contributed by atoms with Crippen LogP contribution in [0.1, 0.15) is 29.6 Å². The first-order valence-corrected chi connectivity index (χ1v) is 7.91. The second-order valence-corrected chi connectivity index (χ2v) is 5.98. The molecule has 5 heteroatoms. The van der Waals surface area contributed by atoms with E-state index in [4.69, 9.17) is 4.74 Å². The van der Waals surface area contributed by atoms with Gasteiger partial charge in [0.1, 0.15) is 5.75 Å². The molecule has 0 bridgehead atoms. The molecule has 1 heterocycles. The zero-order valence-electron chi connectivity index (χ0n) is 13.0. The van der Waals surface area contributed by atoms with Crippen LogP contribution in [-0.4, -0.2) is 54.9 Å². The number of amides is 2. The van der Waals surface area contributed by atoms with Gasteiger partial charge < -0.3 is 14.5 Å². The maximum Gasteiger partial charge on any atom is 0.254 e. The van der Waals surface area contributed by atoms with Gasteiger partial charge in [-0.3, -0.25) is 9.59 Å². The Morgan fingerprint density at radius 1 is 1.09 bits per heavy atom. The fraction of sp³-hybridized carbons (Fsp3) is 0.529. The molecule has 0 radical (unpaired) electrons. The molecule has 2 fully saturated rings. The van der Waals surface area contributed by atoms with Gasteiger partial charge in [-0.25, -0.2) is 0 Å². The van der Waals surface area contributed by atoms with E-state index in [0.29, 0.717) is 30.9 Å². The topological polar surface area (TPSA) is 49.9 Å². The van der Waals surface area contributed by atoms with Crippen LogP contribution >= 0.6 is 0 Å². The Morgan fingerprint density at radius 3 is 2.55 bits per heavy atom. The summed E-state index contributed by atoms with van der Waals surface area (Å²) in [7, 11) is 1.59. The zero-order chi connectivity index (χ0) is 15.5.